The smallest absolute Gasteiger partial charge is 0.320 e. The molecule has 3 aromatic rings. The Kier molecular flexibility index (Phi) is 9.00. The molecule has 0 aliphatic rings. The van der Waals surface area contributed by atoms with Gasteiger partial charge in [-0.25, -0.2) is 0 Å². The molecular formula is C26H26BrN5O4. The summed E-state index contributed by atoms with van der Waals surface area (Å²) >= 11 is 3.45. The third-order valence-electron chi connectivity index (χ3n) is 5.14. The van der Waals surface area contributed by atoms with Crippen molar-refractivity contribution in [2.45, 2.75) is 6.92 Å². The van der Waals surface area contributed by atoms with E-state index in [4.69, 9.17) is 9.47 Å². The van der Waals surface area contributed by atoms with E-state index in [1.165, 1.54) is 13.3 Å². The number of fused-ring (bicyclic) bond motifs is 1. The fourth-order valence-corrected chi connectivity index (χ4v) is 3.91. The van der Waals surface area contributed by atoms with Gasteiger partial charge in [0.2, 0.25) is 0 Å². The summed E-state index contributed by atoms with van der Waals surface area (Å²) in [6, 6.07) is 13.1. The maximum absolute atomic E-state index is 12.9. The minimum absolute atomic E-state index is 0.0344. The molecule has 0 aliphatic carbocycles. The van der Waals surface area contributed by atoms with Gasteiger partial charge in [-0.05, 0) is 38.2 Å². The molecule has 2 aromatic carbocycles. The lowest BCUT2D eigenvalue weighted by atomic mass is 10.1. The number of benzene rings is 2. The first-order valence-electron chi connectivity index (χ1n) is 11.0. The summed E-state index contributed by atoms with van der Waals surface area (Å²) in [5.41, 5.74) is 2.88. The Bertz CT molecular complexity index is 1350. The van der Waals surface area contributed by atoms with Gasteiger partial charge >= 0.3 is 5.97 Å². The van der Waals surface area contributed by atoms with Crippen molar-refractivity contribution >= 4 is 55.8 Å². The van der Waals surface area contributed by atoms with Gasteiger partial charge in [0.15, 0.2) is 0 Å². The Balaban J connectivity index is 1.91. The predicted molar refractivity (Wildman–Crippen MR) is 142 cm³/mol. The van der Waals surface area contributed by atoms with Gasteiger partial charge in [0, 0.05) is 39.9 Å². The molecule has 3 rings (SSSR count). The van der Waals surface area contributed by atoms with E-state index < -0.39 is 5.91 Å². The predicted octanol–water partition coefficient (Wildman–Crippen LogP) is 4.61. The summed E-state index contributed by atoms with van der Waals surface area (Å²) in [5, 5.41) is 16.4. The second kappa shape index (κ2) is 12.2. The van der Waals surface area contributed by atoms with Crippen molar-refractivity contribution in [3.8, 4) is 11.8 Å². The van der Waals surface area contributed by atoms with Crippen molar-refractivity contribution in [3.63, 3.8) is 0 Å². The standard InChI is InChI=1S/C26H26BrN5O4/c1-5-36-24(33)15-32(3)14-16(2)26(34)31-22-10-20-21(11-23(22)35-4)29-13-17(12-28)25(20)30-19-8-6-7-18(27)9-19/h6-11,13H,2,5,14-15H2,1,3-4H3,(H,29,30)(H,31,34). The number of methoxy groups -OCH3 is 1. The molecule has 0 bridgehead atoms. The van der Waals surface area contributed by atoms with Gasteiger partial charge in [0.25, 0.3) is 5.91 Å². The number of rotatable bonds is 10. The normalized spacial score (nSPS) is 10.6. The Hall–Kier alpha value is -3.94. The molecule has 0 unspecified atom stereocenters. The molecule has 9 nitrogen and oxygen atoms in total. The number of hydrogen-bond acceptors (Lipinski definition) is 8. The summed E-state index contributed by atoms with van der Waals surface area (Å²) in [6.07, 6.45) is 1.49. The van der Waals surface area contributed by atoms with Gasteiger partial charge in [0.05, 0.1) is 42.7 Å². The third kappa shape index (κ3) is 6.59. The van der Waals surface area contributed by atoms with Gasteiger partial charge < -0.3 is 20.1 Å². The average Bonchev–Trinajstić information content (AvgIpc) is 2.84. The lowest BCUT2D eigenvalue weighted by molar-refractivity contribution is -0.144. The van der Waals surface area contributed by atoms with Gasteiger partial charge in [-0.1, -0.05) is 28.6 Å². The molecule has 186 valence electrons. The number of nitriles is 1. The Morgan fingerprint density at radius 1 is 1.25 bits per heavy atom. The number of pyridine rings is 1. The maximum Gasteiger partial charge on any atom is 0.320 e. The van der Waals surface area contributed by atoms with Gasteiger partial charge in [-0.15, -0.1) is 0 Å². The SMILES string of the molecule is C=C(CN(C)CC(=O)OCC)C(=O)Nc1cc2c(Nc3cccc(Br)c3)c(C#N)cnc2cc1OC. The Morgan fingerprint density at radius 2 is 2.03 bits per heavy atom. The number of carbonyl (C=O) groups is 2. The quantitative estimate of drug-likeness (QED) is 0.277. The number of nitrogens with one attached hydrogen (secondary N) is 2. The maximum atomic E-state index is 12.9. The Labute approximate surface area is 217 Å². The summed E-state index contributed by atoms with van der Waals surface area (Å²) in [4.78, 5) is 30.6. The van der Waals surface area contributed by atoms with E-state index in [0.717, 1.165) is 10.2 Å². The van der Waals surface area contributed by atoms with Crippen LogP contribution in [0.25, 0.3) is 10.9 Å². The van der Waals surface area contributed by atoms with Crippen LogP contribution < -0.4 is 15.4 Å². The molecule has 0 radical (unpaired) electrons. The van der Waals surface area contributed by atoms with Crippen LogP contribution in [-0.4, -0.2) is 55.6 Å². The number of esters is 1. The molecule has 0 aliphatic heterocycles. The van der Waals surface area contributed by atoms with Gasteiger partial charge in [0.1, 0.15) is 11.8 Å². The number of anilines is 3. The number of ether oxygens (including phenoxy) is 2. The molecular weight excluding hydrogens is 526 g/mol. The molecule has 0 fully saturated rings. The highest BCUT2D eigenvalue weighted by molar-refractivity contribution is 9.10. The number of likely N-dealkylation sites (N-methyl/N-ethyl adjacent to an activating group) is 1. The molecule has 0 spiro atoms. The van der Waals surface area contributed by atoms with Crippen LogP contribution in [0.5, 0.6) is 5.75 Å². The van der Waals surface area contributed by atoms with Crippen molar-refractivity contribution in [2.24, 2.45) is 0 Å². The molecule has 0 atom stereocenters. The molecule has 0 saturated carbocycles. The zero-order valence-electron chi connectivity index (χ0n) is 20.2. The van der Waals surface area contributed by atoms with Gasteiger partial charge in [-0.2, -0.15) is 5.26 Å². The van der Waals surface area contributed by atoms with E-state index in [1.807, 2.05) is 24.3 Å². The molecule has 2 N–H and O–H groups in total. The molecule has 1 aromatic heterocycles. The highest BCUT2D eigenvalue weighted by atomic mass is 79.9. The van der Waals surface area contributed by atoms with Crippen LogP contribution in [0, 0.1) is 11.3 Å². The zero-order chi connectivity index (χ0) is 26.2. The topological polar surface area (TPSA) is 117 Å². The summed E-state index contributed by atoms with van der Waals surface area (Å²) in [6.45, 7) is 6.07. The average molecular weight is 552 g/mol. The highest BCUT2D eigenvalue weighted by Crippen LogP contribution is 2.36. The van der Waals surface area contributed by atoms with Crippen LogP contribution >= 0.6 is 15.9 Å². The van der Waals surface area contributed by atoms with Crippen LogP contribution in [0.15, 0.2) is 59.2 Å². The van der Waals surface area contributed by atoms with Crippen LogP contribution in [0.1, 0.15) is 12.5 Å². The largest absolute Gasteiger partial charge is 0.494 e. The van der Waals surface area contributed by atoms with E-state index in [1.54, 1.807) is 31.0 Å². The van der Waals surface area contributed by atoms with Crippen LogP contribution in [0.4, 0.5) is 17.1 Å². The van der Waals surface area contributed by atoms with E-state index >= 15 is 0 Å². The van der Waals surface area contributed by atoms with Gasteiger partial charge in [-0.3, -0.25) is 19.5 Å². The molecule has 1 amide bonds. The first kappa shape index (κ1) is 26.7. The number of aromatic nitrogens is 1. The lowest BCUT2D eigenvalue weighted by Crippen LogP contribution is -2.31. The van der Waals surface area contributed by atoms with Crippen molar-refractivity contribution in [1.29, 1.82) is 5.26 Å². The molecule has 0 saturated heterocycles. The first-order valence-corrected chi connectivity index (χ1v) is 11.8. The first-order chi connectivity index (χ1) is 17.2. The Morgan fingerprint density at radius 3 is 2.69 bits per heavy atom. The fraction of sp³-hybridized carbons (Fsp3) is 0.231. The highest BCUT2D eigenvalue weighted by Gasteiger charge is 2.18. The molecule has 10 heteroatoms. The second-order valence-corrected chi connectivity index (χ2v) is 8.81. The summed E-state index contributed by atoms with van der Waals surface area (Å²) < 4.78 is 11.3. The fourth-order valence-electron chi connectivity index (χ4n) is 3.51. The summed E-state index contributed by atoms with van der Waals surface area (Å²) in [5.74, 6) is -0.418. The zero-order valence-corrected chi connectivity index (χ0v) is 21.8. The number of hydrogen-bond donors (Lipinski definition) is 2. The van der Waals surface area contributed by atoms with Crippen LogP contribution in [-0.2, 0) is 14.3 Å². The molecule has 1 heterocycles. The number of amides is 1. The van der Waals surface area contributed by atoms with E-state index in [2.05, 4.69) is 44.2 Å². The number of carbonyl (C=O) groups excluding carboxylic acids is 2. The van der Waals surface area contributed by atoms with E-state index in [9.17, 15) is 14.9 Å². The second-order valence-electron chi connectivity index (χ2n) is 7.90. The monoisotopic (exact) mass is 551 g/mol. The third-order valence-corrected chi connectivity index (χ3v) is 5.63. The minimum Gasteiger partial charge on any atom is -0.494 e. The van der Waals surface area contributed by atoms with Crippen molar-refractivity contribution < 1.29 is 19.1 Å². The van der Waals surface area contributed by atoms with Crippen molar-refractivity contribution in [1.82, 2.24) is 9.88 Å². The number of halogens is 1. The minimum atomic E-state index is -0.436. The molecule has 36 heavy (non-hydrogen) atoms. The lowest BCUT2D eigenvalue weighted by Gasteiger charge is -2.18. The van der Waals surface area contributed by atoms with E-state index in [0.29, 0.717) is 33.6 Å². The number of nitrogens with zero attached hydrogens (tertiary/aromatic N) is 3. The van der Waals surface area contributed by atoms with Crippen LogP contribution in [0.2, 0.25) is 0 Å². The van der Waals surface area contributed by atoms with Crippen molar-refractivity contribution in [2.75, 3.05) is 44.5 Å². The summed E-state index contributed by atoms with van der Waals surface area (Å²) in [7, 11) is 3.18. The van der Waals surface area contributed by atoms with Crippen molar-refractivity contribution in [3.05, 3.63) is 64.8 Å². The van der Waals surface area contributed by atoms with Crippen LogP contribution in [0.3, 0.4) is 0 Å². The van der Waals surface area contributed by atoms with E-state index in [-0.39, 0.29) is 31.2 Å².